The highest BCUT2D eigenvalue weighted by atomic mass is 127. The van der Waals surface area contributed by atoms with Crippen molar-refractivity contribution in [1.29, 1.82) is 0 Å². The molecule has 0 spiro atoms. The summed E-state index contributed by atoms with van der Waals surface area (Å²) in [6.07, 6.45) is 3.75. The third-order valence-electron chi connectivity index (χ3n) is 2.72. The molecule has 0 aromatic heterocycles. The molecule has 0 bridgehead atoms. The van der Waals surface area contributed by atoms with Gasteiger partial charge in [0.25, 0.3) is 0 Å². The maximum absolute atomic E-state index is 5.97. The van der Waals surface area contributed by atoms with Gasteiger partial charge in [-0.3, -0.25) is 0 Å². The van der Waals surface area contributed by atoms with E-state index in [-0.39, 0.29) is 0 Å². The van der Waals surface area contributed by atoms with Gasteiger partial charge < -0.3 is 0 Å². The lowest BCUT2D eigenvalue weighted by atomic mass is 9.84. The van der Waals surface area contributed by atoms with Gasteiger partial charge in [0.05, 0.1) is 0 Å². The molecule has 13 heavy (non-hydrogen) atoms. The van der Waals surface area contributed by atoms with Crippen molar-refractivity contribution >= 4 is 34.2 Å². The number of halogens is 2. The Bertz CT molecular complexity index is 331. The number of fused-ring (bicyclic) bond motifs is 1. The summed E-state index contributed by atoms with van der Waals surface area (Å²) in [5, 5.41) is 0.868. The largest absolute Gasteiger partial charge is 0.0843 e. The molecule has 2 heteroatoms. The molecular weight excluding hydrogens is 294 g/mol. The van der Waals surface area contributed by atoms with Gasteiger partial charge in [-0.2, -0.15) is 0 Å². The van der Waals surface area contributed by atoms with Gasteiger partial charge in [-0.15, -0.1) is 0 Å². The van der Waals surface area contributed by atoms with Gasteiger partial charge >= 0.3 is 0 Å². The minimum atomic E-state index is 0.315. The van der Waals surface area contributed by atoms with E-state index in [1.165, 1.54) is 30.4 Å². The molecule has 1 atom stereocenters. The van der Waals surface area contributed by atoms with E-state index < -0.39 is 0 Å². The lowest BCUT2D eigenvalue weighted by Gasteiger charge is -2.30. The fourth-order valence-electron chi connectivity index (χ4n) is 2.02. The third kappa shape index (κ3) is 1.86. The Morgan fingerprint density at radius 2 is 2.23 bits per heavy atom. The van der Waals surface area contributed by atoms with E-state index in [0.717, 1.165) is 5.02 Å². The Balaban J connectivity index is 2.53. The summed E-state index contributed by atoms with van der Waals surface area (Å²) in [5.41, 5.74) is 2.92. The van der Waals surface area contributed by atoms with Crippen LogP contribution in [-0.2, 0) is 9.84 Å². The Morgan fingerprint density at radius 3 is 3.00 bits per heavy atom. The standard InChI is InChI=1S/C11H12ClI/c1-11(13)6-2-3-8-7-9(12)4-5-10(8)11/h4-5,7H,2-3,6H2,1H3. The second-order valence-electron chi connectivity index (χ2n) is 3.85. The van der Waals surface area contributed by atoms with Crippen LogP contribution in [0.1, 0.15) is 30.9 Å². The summed E-state index contributed by atoms with van der Waals surface area (Å²) in [7, 11) is 0. The van der Waals surface area contributed by atoms with Crippen molar-refractivity contribution in [3.8, 4) is 0 Å². The lowest BCUT2D eigenvalue weighted by molar-refractivity contribution is 0.569. The number of alkyl halides is 1. The van der Waals surface area contributed by atoms with Crippen LogP contribution in [0.2, 0.25) is 5.02 Å². The second-order valence-corrected chi connectivity index (χ2v) is 6.67. The van der Waals surface area contributed by atoms with Gasteiger partial charge in [0, 0.05) is 8.44 Å². The van der Waals surface area contributed by atoms with Gasteiger partial charge in [-0.05, 0) is 49.4 Å². The molecule has 70 valence electrons. The molecule has 0 amide bonds. The van der Waals surface area contributed by atoms with E-state index in [4.69, 9.17) is 11.6 Å². The fourth-order valence-corrected chi connectivity index (χ4v) is 3.13. The molecule has 1 aliphatic rings. The van der Waals surface area contributed by atoms with Crippen LogP contribution in [0.15, 0.2) is 18.2 Å². The van der Waals surface area contributed by atoms with Crippen LogP contribution in [0.4, 0.5) is 0 Å². The quantitative estimate of drug-likeness (QED) is 0.494. The lowest BCUT2D eigenvalue weighted by Crippen LogP contribution is -2.20. The fraction of sp³-hybridized carbons (Fsp3) is 0.455. The molecule has 1 aliphatic carbocycles. The van der Waals surface area contributed by atoms with Crippen molar-refractivity contribution in [3.05, 3.63) is 34.3 Å². The van der Waals surface area contributed by atoms with E-state index in [1.54, 1.807) is 0 Å². The normalized spacial score (nSPS) is 27.0. The SMILES string of the molecule is CC1(I)CCCc2cc(Cl)ccc21. The first-order chi connectivity index (χ1) is 6.09. The molecule has 1 aromatic rings. The molecule has 0 aliphatic heterocycles. The van der Waals surface area contributed by atoms with Crippen molar-refractivity contribution in [2.75, 3.05) is 0 Å². The number of benzene rings is 1. The number of hydrogen-bond donors (Lipinski definition) is 0. The predicted octanol–water partition coefficient (Wildman–Crippen LogP) is 4.33. The molecule has 0 fully saturated rings. The zero-order chi connectivity index (χ0) is 9.47. The molecule has 0 heterocycles. The maximum Gasteiger partial charge on any atom is 0.0445 e. The zero-order valence-electron chi connectivity index (χ0n) is 7.61. The van der Waals surface area contributed by atoms with Crippen molar-refractivity contribution < 1.29 is 0 Å². The Kier molecular flexibility index (Phi) is 2.58. The average molecular weight is 307 g/mol. The number of rotatable bonds is 0. The van der Waals surface area contributed by atoms with E-state index in [1.807, 2.05) is 6.07 Å². The summed E-state index contributed by atoms with van der Waals surface area (Å²) in [4.78, 5) is 0. The topological polar surface area (TPSA) is 0 Å². The zero-order valence-corrected chi connectivity index (χ0v) is 10.5. The summed E-state index contributed by atoms with van der Waals surface area (Å²) in [6.45, 7) is 2.31. The monoisotopic (exact) mass is 306 g/mol. The van der Waals surface area contributed by atoms with Gasteiger partial charge in [0.1, 0.15) is 0 Å². The summed E-state index contributed by atoms with van der Waals surface area (Å²) < 4.78 is 0.315. The van der Waals surface area contributed by atoms with Crippen LogP contribution in [-0.4, -0.2) is 0 Å². The smallest absolute Gasteiger partial charge is 0.0445 e. The molecule has 0 radical (unpaired) electrons. The molecular formula is C11H12ClI. The molecule has 1 unspecified atom stereocenters. The van der Waals surface area contributed by atoms with Gasteiger partial charge in [0.15, 0.2) is 0 Å². The van der Waals surface area contributed by atoms with Crippen molar-refractivity contribution in [3.63, 3.8) is 0 Å². The van der Waals surface area contributed by atoms with Gasteiger partial charge in [0.2, 0.25) is 0 Å². The van der Waals surface area contributed by atoms with Crippen molar-refractivity contribution in [2.45, 2.75) is 29.6 Å². The van der Waals surface area contributed by atoms with Crippen LogP contribution in [0.3, 0.4) is 0 Å². The summed E-state index contributed by atoms with van der Waals surface area (Å²) in [6, 6.07) is 6.30. The second kappa shape index (κ2) is 3.43. The minimum absolute atomic E-state index is 0.315. The van der Waals surface area contributed by atoms with Crippen molar-refractivity contribution in [1.82, 2.24) is 0 Å². The van der Waals surface area contributed by atoms with E-state index in [0.29, 0.717) is 3.42 Å². The highest BCUT2D eigenvalue weighted by molar-refractivity contribution is 14.1. The minimum Gasteiger partial charge on any atom is -0.0843 e. The van der Waals surface area contributed by atoms with E-state index in [9.17, 15) is 0 Å². The Morgan fingerprint density at radius 1 is 1.46 bits per heavy atom. The van der Waals surface area contributed by atoms with Crippen LogP contribution in [0.5, 0.6) is 0 Å². The third-order valence-corrected chi connectivity index (χ3v) is 4.08. The molecule has 0 N–H and O–H groups in total. The molecule has 1 aromatic carbocycles. The Labute approximate surface area is 97.8 Å². The molecule has 0 nitrogen and oxygen atoms in total. The first-order valence-electron chi connectivity index (χ1n) is 4.57. The number of aryl methyl sites for hydroxylation is 1. The van der Waals surface area contributed by atoms with Gasteiger partial charge in [-0.1, -0.05) is 40.3 Å². The first-order valence-corrected chi connectivity index (χ1v) is 6.03. The van der Waals surface area contributed by atoms with Crippen LogP contribution >= 0.6 is 34.2 Å². The highest BCUT2D eigenvalue weighted by Crippen LogP contribution is 2.42. The van der Waals surface area contributed by atoms with Crippen LogP contribution in [0, 0.1) is 0 Å². The highest BCUT2D eigenvalue weighted by Gasteiger charge is 2.28. The maximum atomic E-state index is 5.97. The summed E-state index contributed by atoms with van der Waals surface area (Å²) in [5.74, 6) is 0. The predicted molar refractivity (Wildman–Crippen MR) is 65.8 cm³/mol. The molecule has 0 saturated heterocycles. The molecule has 2 rings (SSSR count). The van der Waals surface area contributed by atoms with Crippen LogP contribution in [0.25, 0.3) is 0 Å². The average Bonchev–Trinajstić information content (AvgIpc) is 2.02. The van der Waals surface area contributed by atoms with Crippen LogP contribution < -0.4 is 0 Å². The first kappa shape index (κ1) is 9.78. The van der Waals surface area contributed by atoms with Crippen molar-refractivity contribution in [2.24, 2.45) is 0 Å². The van der Waals surface area contributed by atoms with E-state index >= 15 is 0 Å². The molecule has 0 saturated carbocycles. The summed E-state index contributed by atoms with van der Waals surface area (Å²) >= 11 is 8.52. The van der Waals surface area contributed by atoms with E-state index in [2.05, 4.69) is 41.6 Å². The Hall–Kier alpha value is 0.240. The number of hydrogen-bond acceptors (Lipinski definition) is 0. The van der Waals surface area contributed by atoms with Gasteiger partial charge in [-0.25, -0.2) is 0 Å².